The van der Waals surface area contributed by atoms with Gasteiger partial charge in [0, 0.05) is 24.3 Å². The smallest absolute Gasteiger partial charge is 0.125 e. The van der Waals surface area contributed by atoms with Gasteiger partial charge in [-0.3, -0.25) is 5.41 Å². The van der Waals surface area contributed by atoms with Gasteiger partial charge in [-0.1, -0.05) is 20.3 Å². The maximum atomic E-state index is 13.3. The molecule has 4 heteroatoms. The first-order valence-corrected chi connectivity index (χ1v) is 6.84. The Balaban J connectivity index is 2.22. The van der Waals surface area contributed by atoms with E-state index in [0.717, 1.165) is 31.6 Å². The number of piperidine rings is 1. The van der Waals surface area contributed by atoms with Crippen LogP contribution >= 0.6 is 0 Å². The lowest BCUT2D eigenvalue weighted by Crippen LogP contribution is -2.39. The summed E-state index contributed by atoms with van der Waals surface area (Å²) < 4.78 is 13.3. The van der Waals surface area contributed by atoms with Crippen LogP contribution < -0.4 is 10.6 Å². The topological polar surface area (TPSA) is 53.1 Å². The van der Waals surface area contributed by atoms with Crippen LogP contribution in [0.5, 0.6) is 0 Å². The maximum absolute atomic E-state index is 13.3. The molecule has 2 rings (SSSR count). The predicted molar refractivity (Wildman–Crippen MR) is 77.3 cm³/mol. The quantitative estimate of drug-likeness (QED) is 0.650. The molecule has 1 aliphatic rings. The summed E-state index contributed by atoms with van der Waals surface area (Å²) in [6, 6.07) is 4.53. The Morgan fingerprint density at radius 1 is 1.42 bits per heavy atom. The molecule has 0 unspecified atom stereocenters. The number of amidine groups is 1. The molecule has 1 aromatic carbocycles. The van der Waals surface area contributed by atoms with Crippen molar-refractivity contribution in [3.05, 3.63) is 29.6 Å². The molecule has 0 radical (unpaired) electrons. The van der Waals surface area contributed by atoms with E-state index in [1.165, 1.54) is 18.6 Å². The molecule has 0 bridgehead atoms. The van der Waals surface area contributed by atoms with Crippen LogP contribution in [0, 0.1) is 16.6 Å². The highest BCUT2D eigenvalue weighted by molar-refractivity contribution is 6.00. The zero-order chi connectivity index (χ0) is 14.0. The molecule has 19 heavy (non-hydrogen) atoms. The van der Waals surface area contributed by atoms with E-state index in [9.17, 15) is 4.39 Å². The summed E-state index contributed by atoms with van der Waals surface area (Å²) in [6.07, 6.45) is 3.43. The van der Waals surface area contributed by atoms with Crippen LogP contribution in [0.15, 0.2) is 18.2 Å². The van der Waals surface area contributed by atoms with Crippen molar-refractivity contribution in [2.24, 2.45) is 11.1 Å². The van der Waals surface area contributed by atoms with Crippen LogP contribution in [0.3, 0.4) is 0 Å². The van der Waals surface area contributed by atoms with Crippen LogP contribution in [0.4, 0.5) is 10.1 Å². The summed E-state index contributed by atoms with van der Waals surface area (Å²) in [5, 5.41) is 7.59. The molecular weight excluding hydrogens is 241 g/mol. The number of benzene rings is 1. The van der Waals surface area contributed by atoms with E-state index in [1.807, 2.05) is 0 Å². The third-order valence-corrected chi connectivity index (χ3v) is 4.41. The van der Waals surface area contributed by atoms with E-state index >= 15 is 0 Å². The van der Waals surface area contributed by atoms with Crippen molar-refractivity contribution in [3.8, 4) is 0 Å². The zero-order valence-corrected chi connectivity index (χ0v) is 11.7. The second-order valence-electron chi connectivity index (χ2n) is 5.73. The molecule has 1 aliphatic heterocycles. The van der Waals surface area contributed by atoms with Crippen LogP contribution in [0.2, 0.25) is 0 Å². The lowest BCUT2D eigenvalue weighted by atomic mass is 9.78. The van der Waals surface area contributed by atoms with E-state index in [-0.39, 0.29) is 11.7 Å². The average molecular weight is 263 g/mol. The van der Waals surface area contributed by atoms with Crippen LogP contribution in [-0.4, -0.2) is 18.9 Å². The largest absolute Gasteiger partial charge is 0.384 e. The van der Waals surface area contributed by atoms with Gasteiger partial charge in [-0.05, 0) is 36.5 Å². The van der Waals surface area contributed by atoms with Gasteiger partial charge in [-0.2, -0.15) is 0 Å². The summed E-state index contributed by atoms with van der Waals surface area (Å²) >= 11 is 0. The van der Waals surface area contributed by atoms with Gasteiger partial charge in [0.05, 0.1) is 0 Å². The number of nitrogen functional groups attached to an aromatic ring is 1. The van der Waals surface area contributed by atoms with Gasteiger partial charge in [-0.25, -0.2) is 4.39 Å². The van der Waals surface area contributed by atoms with E-state index in [0.29, 0.717) is 11.0 Å². The Labute approximate surface area is 114 Å². The van der Waals surface area contributed by atoms with Crippen molar-refractivity contribution in [3.63, 3.8) is 0 Å². The van der Waals surface area contributed by atoms with Gasteiger partial charge in [0.2, 0.25) is 0 Å². The summed E-state index contributed by atoms with van der Waals surface area (Å²) in [6.45, 7) is 6.43. The molecule has 1 saturated heterocycles. The molecule has 1 heterocycles. The van der Waals surface area contributed by atoms with Crippen molar-refractivity contribution in [1.82, 2.24) is 0 Å². The molecule has 0 aromatic heterocycles. The van der Waals surface area contributed by atoms with Crippen molar-refractivity contribution < 1.29 is 4.39 Å². The molecular formula is C15H22FN3. The predicted octanol–water partition coefficient (Wildman–Crippen LogP) is 3.13. The Morgan fingerprint density at radius 2 is 2.05 bits per heavy atom. The lowest BCUT2D eigenvalue weighted by Gasteiger charge is -2.40. The van der Waals surface area contributed by atoms with Crippen LogP contribution in [-0.2, 0) is 0 Å². The standard InChI is InChI=1S/C15H22FN3/c1-3-15(2)6-8-19(9-7-15)13-5-4-11(16)10-12(13)14(17)18/h4-5,10H,3,6-9H2,1-2H3,(H3,17,18). The molecule has 0 saturated carbocycles. The third-order valence-electron chi connectivity index (χ3n) is 4.41. The normalized spacial score (nSPS) is 18.4. The van der Waals surface area contributed by atoms with Crippen molar-refractivity contribution in [1.29, 1.82) is 5.41 Å². The minimum atomic E-state index is -0.343. The second kappa shape index (κ2) is 5.19. The molecule has 0 spiro atoms. The monoisotopic (exact) mass is 263 g/mol. The van der Waals surface area contributed by atoms with Crippen molar-refractivity contribution in [2.75, 3.05) is 18.0 Å². The summed E-state index contributed by atoms with van der Waals surface area (Å²) in [5.41, 5.74) is 7.35. The molecule has 0 atom stereocenters. The second-order valence-corrected chi connectivity index (χ2v) is 5.73. The highest BCUT2D eigenvalue weighted by atomic mass is 19.1. The Hall–Kier alpha value is -1.58. The van der Waals surface area contributed by atoms with Gasteiger partial charge in [0.15, 0.2) is 0 Å². The Kier molecular flexibility index (Phi) is 3.78. The maximum Gasteiger partial charge on any atom is 0.125 e. The number of rotatable bonds is 3. The first-order chi connectivity index (χ1) is 8.95. The number of nitrogens with one attached hydrogen (secondary N) is 1. The fourth-order valence-electron chi connectivity index (χ4n) is 2.64. The van der Waals surface area contributed by atoms with Crippen LogP contribution in [0.25, 0.3) is 0 Å². The summed E-state index contributed by atoms with van der Waals surface area (Å²) in [4.78, 5) is 2.22. The number of nitrogens with two attached hydrogens (primary N) is 1. The zero-order valence-electron chi connectivity index (χ0n) is 11.7. The van der Waals surface area contributed by atoms with Gasteiger partial charge >= 0.3 is 0 Å². The lowest BCUT2D eigenvalue weighted by molar-refractivity contribution is 0.238. The minimum Gasteiger partial charge on any atom is -0.384 e. The number of nitrogens with zero attached hydrogens (tertiary/aromatic N) is 1. The van der Waals surface area contributed by atoms with Crippen LogP contribution in [0.1, 0.15) is 38.7 Å². The van der Waals surface area contributed by atoms with Gasteiger partial charge in [-0.15, -0.1) is 0 Å². The fraction of sp³-hybridized carbons (Fsp3) is 0.533. The SMILES string of the molecule is CCC1(C)CCN(c2ccc(F)cc2C(=N)N)CC1. The average Bonchev–Trinajstić information content (AvgIpc) is 2.40. The molecule has 1 fully saturated rings. The first-order valence-electron chi connectivity index (χ1n) is 6.84. The Morgan fingerprint density at radius 3 is 2.58 bits per heavy atom. The molecule has 104 valence electrons. The molecule has 3 nitrogen and oxygen atoms in total. The number of hydrogen-bond donors (Lipinski definition) is 2. The van der Waals surface area contributed by atoms with E-state index in [2.05, 4.69) is 18.7 Å². The molecule has 3 N–H and O–H groups in total. The van der Waals surface area contributed by atoms with E-state index in [1.54, 1.807) is 6.07 Å². The fourth-order valence-corrected chi connectivity index (χ4v) is 2.64. The highest BCUT2D eigenvalue weighted by Gasteiger charge is 2.29. The molecule has 1 aromatic rings. The minimum absolute atomic E-state index is 0.0710. The summed E-state index contributed by atoms with van der Waals surface area (Å²) in [7, 11) is 0. The van der Waals surface area contributed by atoms with Gasteiger partial charge in [0.25, 0.3) is 0 Å². The third kappa shape index (κ3) is 2.88. The van der Waals surface area contributed by atoms with Crippen molar-refractivity contribution >= 4 is 11.5 Å². The summed E-state index contributed by atoms with van der Waals surface area (Å²) in [5.74, 6) is -0.414. The molecule has 0 aliphatic carbocycles. The number of halogens is 1. The van der Waals surface area contributed by atoms with Crippen molar-refractivity contribution in [2.45, 2.75) is 33.1 Å². The van der Waals surface area contributed by atoms with E-state index < -0.39 is 0 Å². The van der Waals surface area contributed by atoms with Gasteiger partial charge < -0.3 is 10.6 Å². The Bertz CT molecular complexity index is 476. The highest BCUT2D eigenvalue weighted by Crippen LogP contribution is 2.36. The van der Waals surface area contributed by atoms with E-state index in [4.69, 9.17) is 11.1 Å². The number of anilines is 1. The molecule has 0 amide bonds. The van der Waals surface area contributed by atoms with Gasteiger partial charge in [0.1, 0.15) is 11.7 Å². The first kappa shape index (κ1) is 13.8. The number of hydrogen-bond acceptors (Lipinski definition) is 2.